The summed E-state index contributed by atoms with van der Waals surface area (Å²) in [7, 11) is 0. The molecule has 1 heterocycles. The van der Waals surface area contributed by atoms with Crippen molar-refractivity contribution in [1.82, 2.24) is 4.90 Å². The van der Waals surface area contributed by atoms with E-state index in [1.807, 2.05) is 0 Å². The maximum Gasteiger partial charge on any atom is 0.238 e. The fourth-order valence-corrected chi connectivity index (χ4v) is 3.15. The third kappa shape index (κ3) is 3.30. The molecule has 2 fully saturated rings. The lowest BCUT2D eigenvalue weighted by atomic mass is 9.96. The molecule has 1 aliphatic carbocycles. The Hall–Kier alpha value is -2.11. The second-order valence-electron chi connectivity index (χ2n) is 6.47. The highest BCUT2D eigenvalue weighted by molar-refractivity contribution is 6.07. The Morgan fingerprint density at radius 2 is 2.17 bits per heavy atom. The number of benzene rings is 1. The van der Waals surface area contributed by atoms with Crippen LogP contribution in [0.3, 0.4) is 0 Å². The number of piperidine rings is 1. The first-order valence-electron chi connectivity index (χ1n) is 7.99. The maximum absolute atomic E-state index is 13.1. The summed E-state index contributed by atoms with van der Waals surface area (Å²) >= 11 is 0. The highest BCUT2D eigenvalue weighted by Gasteiger charge is 2.57. The van der Waals surface area contributed by atoms with E-state index in [1.54, 1.807) is 17.0 Å². The minimum atomic E-state index is -0.953. The Balaban J connectivity index is 1.56. The third-order valence-corrected chi connectivity index (χ3v) is 4.72. The molecular formula is C17H21FN2O3. The predicted octanol–water partition coefficient (Wildman–Crippen LogP) is 1.71. The van der Waals surface area contributed by atoms with Crippen LogP contribution in [0.2, 0.25) is 0 Å². The highest BCUT2D eigenvalue weighted by Crippen LogP contribution is 2.47. The van der Waals surface area contributed by atoms with Gasteiger partial charge in [0.2, 0.25) is 11.8 Å². The largest absolute Gasteiger partial charge is 0.493 e. The average Bonchev–Trinajstić information content (AvgIpc) is 3.34. The van der Waals surface area contributed by atoms with Crippen LogP contribution in [0.25, 0.3) is 0 Å². The zero-order chi connectivity index (χ0) is 16.4. The number of carbonyl (C=O) groups is 2. The molecule has 23 heavy (non-hydrogen) atoms. The first-order chi connectivity index (χ1) is 11.0. The molecule has 0 spiro atoms. The van der Waals surface area contributed by atoms with Crippen LogP contribution in [0.4, 0.5) is 4.39 Å². The fraction of sp³-hybridized carbons (Fsp3) is 0.529. The van der Waals surface area contributed by atoms with E-state index in [-0.39, 0.29) is 17.6 Å². The molecule has 0 aromatic heterocycles. The zero-order valence-corrected chi connectivity index (χ0v) is 13.0. The standard InChI is InChI=1S/C17H21FN2O3/c18-13-4-1-5-14(9-13)23-11-12-3-2-8-20(10-12)16(22)17(6-7-17)15(19)21/h1,4-5,9,12H,2-3,6-8,10-11H2,(H2,19,21)/t12-/m1/s1. The summed E-state index contributed by atoms with van der Waals surface area (Å²) in [5.41, 5.74) is 4.42. The van der Waals surface area contributed by atoms with Gasteiger partial charge in [-0.3, -0.25) is 9.59 Å². The van der Waals surface area contributed by atoms with E-state index >= 15 is 0 Å². The topological polar surface area (TPSA) is 72.6 Å². The first-order valence-corrected chi connectivity index (χ1v) is 7.99. The van der Waals surface area contributed by atoms with Gasteiger partial charge in [-0.1, -0.05) is 6.07 Å². The molecule has 1 aliphatic heterocycles. The molecule has 0 unspecified atom stereocenters. The van der Waals surface area contributed by atoms with Crippen LogP contribution in [0.5, 0.6) is 5.75 Å². The van der Waals surface area contributed by atoms with Crippen molar-refractivity contribution >= 4 is 11.8 Å². The number of primary amides is 1. The SMILES string of the molecule is NC(=O)C1(C(=O)N2CCC[C@@H](COc3cccc(F)c3)C2)CC1. The van der Waals surface area contributed by atoms with Gasteiger partial charge in [0.05, 0.1) is 6.61 Å². The Kier molecular flexibility index (Phi) is 4.24. The van der Waals surface area contributed by atoms with E-state index in [4.69, 9.17) is 10.5 Å². The van der Waals surface area contributed by atoms with E-state index < -0.39 is 11.3 Å². The highest BCUT2D eigenvalue weighted by atomic mass is 19.1. The zero-order valence-electron chi connectivity index (χ0n) is 13.0. The van der Waals surface area contributed by atoms with Gasteiger partial charge in [0, 0.05) is 25.1 Å². The van der Waals surface area contributed by atoms with E-state index in [0.29, 0.717) is 38.3 Å². The van der Waals surface area contributed by atoms with Gasteiger partial charge in [0.1, 0.15) is 17.0 Å². The number of halogens is 1. The van der Waals surface area contributed by atoms with Gasteiger partial charge in [-0.15, -0.1) is 0 Å². The molecule has 124 valence electrons. The van der Waals surface area contributed by atoms with E-state index in [2.05, 4.69) is 0 Å². The monoisotopic (exact) mass is 320 g/mol. The number of hydrogen-bond donors (Lipinski definition) is 1. The number of carbonyl (C=O) groups excluding carboxylic acids is 2. The number of amides is 2. The lowest BCUT2D eigenvalue weighted by Gasteiger charge is -2.34. The molecular weight excluding hydrogens is 299 g/mol. The normalized spacial score (nSPS) is 22.5. The molecule has 3 rings (SSSR count). The van der Waals surface area contributed by atoms with Crippen molar-refractivity contribution in [1.29, 1.82) is 0 Å². The van der Waals surface area contributed by atoms with E-state index in [0.717, 1.165) is 12.8 Å². The second kappa shape index (κ2) is 6.18. The minimum absolute atomic E-state index is 0.138. The smallest absolute Gasteiger partial charge is 0.238 e. The lowest BCUT2D eigenvalue weighted by molar-refractivity contribution is -0.144. The summed E-state index contributed by atoms with van der Waals surface area (Å²) in [4.78, 5) is 25.8. The number of nitrogens with zero attached hydrogens (tertiary/aromatic N) is 1. The number of hydrogen-bond acceptors (Lipinski definition) is 3. The molecule has 1 atom stereocenters. The molecule has 2 amide bonds. The summed E-state index contributed by atoms with van der Waals surface area (Å²) in [6, 6.07) is 6.02. The number of ether oxygens (including phenoxy) is 1. The van der Waals surface area contributed by atoms with E-state index in [9.17, 15) is 14.0 Å². The molecule has 0 radical (unpaired) electrons. The third-order valence-electron chi connectivity index (χ3n) is 4.72. The van der Waals surface area contributed by atoms with Gasteiger partial charge in [0.25, 0.3) is 0 Å². The fourth-order valence-electron chi connectivity index (χ4n) is 3.15. The summed E-state index contributed by atoms with van der Waals surface area (Å²) in [5.74, 6) is -0.315. The number of nitrogens with two attached hydrogens (primary N) is 1. The molecule has 2 N–H and O–H groups in total. The van der Waals surface area contributed by atoms with Crippen molar-refractivity contribution in [2.75, 3.05) is 19.7 Å². The van der Waals surface area contributed by atoms with Crippen molar-refractivity contribution < 1.29 is 18.7 Å². The maximum atomic E-state index is 13.1. The Morgan fingerprint density at radius 3 is 2.83 bits per heavy atom. The average molecular weight is 320 g/mol. The van der Waals surface area contributed by atoms with Gasteiger partial charge in [0.15, 0.2) is 0 Å². The molecule has 2 aliphatic rings. The summed E-state index contributed by atoms with van der Waals surface area (Å²) in [6.45, 7) is 1.64. The molecule has 6 heteroatoms. The van der Waals surface area contributed by atoms with E-state index in [1.165, 1.54) is 12.1 Å². The van der Waals surface area contributed by atoms with Gasteiger partial charge in [-0.25, -0.2) is 4.39 Å². The summed E-state index contributed by atoms with van der Waals surface area (Å²) in [5, 5.41) is 0. The molecule has 1 saturated carbocycles. The minimum Gasteiger partial charge on any atom is -0.493 e. The van der Waals surface area contributed by atoms with Crippen LogP contribution in [-0.2, 0) is 9.59 Å². The summed E-state index contributed by atoms with van der Waals surface area (Å²) in [6.07, 6.45) is 2.94. The van der Waals surface area contributed by atoms with Crippen molar-refractivity contribution in [2.24, 2.45) is 17.1 Å². The van der Waals surface area contributed by atoms with Gasteiger partial charge in [-0.2, -0.15) is 0 Å². The number of likely N-dealkylation sites (tertiary alicyclic amines) is 1. The van der Waals surface area contributed by atoms with Crippen molar-refractivity contribution in [2.45, 2.75) is 25.7 Å². The van der Waals surface area contributed by atoms with Crippen LogP contribution in [0.1, 0.15) is 25.7 Å². The van der Waals surface area contributed by atoms with Crippen LogP contribution < -0.4 is 10.5 Å². The van der Waals surface area contributed by atoms with Gasteiger partial charge >= 0.3 is 0 Å². The van der Waals surface area contributed by atoms with Crippen molar-refractivity contribution in [3.63, 3.8) is 0 Å². The molecule has 0 bridgehead atoms. The Bertz CT molecular complexity index is 616. The molecule has 5 nitrogen and oxygen atoms in total. The Morgan fingerprint density at radius 1 is 1.39 bits per heavy atom. The van der Waals surface area contributed by atoms with Crippen molar-refractivity contribution in [3.05, 3.63) is 30.1 Å². The first kappa shape index (κ1) is 15.8. The van der Waals surface area contributed by atoms with Gasteiger partial charge in [-0.05, 0) is 37.8 Å². The molecule has 1 aromatic carbocycles. The molecule has 1 aromatic rings. The number of rotatable bonds is 5. The van der Waals surface area contributed by atoms with Crippen LogP contribution in [0.15, 0.2) is 24.3 Å². The van der Waals surface area contributed by atoms with Crippen molar-refractivity contribution in [3.8, 4) is 5.75 Å². The molecule has 1 saturated heterocycles. The lowest BCUT2D eigenvalue weighted by Crippen LogP contribution is -2.48. The van der Waals surface area contributed by atoms with Crippen LogP contribution in [-0.4, -0.2) is 36.4 Å². The van der Waals surface area contributed by atoms with Crippen LogP contribution >= 0.6 is 0 Å². The Labute approximate surface area is 134 Å². The predicted molar refractivity (Wildman–Crippen MR) is 82.1 cm³/mol. The van der Waals surface area contributed by atoms with Gasteiger partial charge < -0.3 is 15.4 Å². The van der Waals surface area contributed by atoms with Crippen LogP contribution in [0, 0.1) is 17.2 Å². The second-order valence-corrected chi connectivity index (χ2v) is 6.47. The quantitative estimate of drug-likeness (QED) is 0.840. The summed E-state index contributed by atoms with van der Waals surface area (Å²) < 4.78 is 18.8.